The summed E-state index contributed by atoms with van der Waals surface area (Å²) in [5.41, 5.74) is 0. The molecule has 1 rings (SSSR count). The third-order valence-electron chi connectivity index (χ3n) is 1.89. The third kappa shape index (κ3) is 2.90. The Kier molecular flexibility index (Phi) is 3.17. The van der Waals surface area contributed by atoms with E-state index in [1.165, 1.54) is 5.19 Å². The molecular weight excluding hydrogens is 179 g/mol. The highest BCUT2D eigenvalue weighted by Crippen LogP contribution is 2.10. The Morgan fingerprint density at radius 3 is 2.54 bits per heavy atom. The van der Waals surface area contributed by atoms with Crippen LogP contribution in [0.15, 0.2) is 24.3 Å². The van der Waals surface area contributed by atoms with E-state index in [1.807, 2.05) is 18.2 Å². The zero-order chi connectivity index (χ0) is 9.90. The Hall–Kier alpha value is -0.738. The normalized spacial score (nSPS) is 11.1. The summed E-state index contributed by atoms with van der Waals surface area (Å²) in [5, 5.41) is 9.80. The van der Waals surface area contributed by atoms with Gasteiger partial charge >= 0.3 is 7.69 Å². The molecule has 2 nitrogen and oxygen atoms in total. The van der Waals surface area contributed by atoms with Crippen LogP contribution in [0.4, 0.5) is 0 Å². The van der Waals surface area contributed by atoms with Gasteiger partial charge in [0.15, 0.2) is 0 Å². The fraction of sp³-hybridized carbons (Fsp3) is 0.333. The van der Waals surface area contributed by atoms with E-state index in [-0.39, 0.29) is 0 Å². The number of hydrogen-bond donors (Lipinski definition) is 1. The van der Waals surface area contributed by atoms with Crippen LogP contribution in [0.2, 0.25) is 19.6 Å². The number of benzene rings is 1. The van der Waals surface area contributed by atoms with Gasteiger partial charge in [-0.25, -0.2) is 0 Å². The van der Waals surface area contributed by atoms with Crippen molar-refractivity contribution < 1.29 is 9.68 Å². The van der Waals surface area contributed by atoms with Gasteiger partial charge in [0.2, 0.25) is 0 Å². The second kappa shape index (κ2) is 3.98. The van der Waals surface area contributed by atoms with Crippen LogP contribution in [-0.4, -0.2) is 20.8 Å². The summed E-state index contributed by atoms with van der Waals surface area (Å²) in [6.45, 7) is 6.82. The minimum Gasteiger partial charge on any atom is -0.537 e. The van der Waals surface area contributed by atoms with Crippen LogP contribution >= 0.6 is 0 Å². The molecule has 1 radical (unpaired) electrons. The molecule has 69 valence electrons. The molecule has 4 heteroatoms. The SMILES string of the molecule is C[Si](C)(C)c1cccc(O[B]O)c1. The van der Waals surface area contributed by atoms with Crippen molar-refractivity contribution in [1.82, 2.24) is 0 Å². The molecule has 0 aliphatic heterocycles. The Labute approximate surface area is 80.9 Å². The molecule has 1 aromatic carbocycles. The summed E-state index contributed by atoms with van der Waals surface area (Å²) in [6.07, 6.45) is 0. The predicted octanol–water partition coefficient (Wildman–Crippen LogP) is 1.14. The molecule has 0 spiro atoms. The van der Waals surface area contributed by atoms with Gasteiger partial charge in [-0.3, -0.25) is 0 Å². The first-order chi connectivity index (χ1) is 6.04. The molecule has 0 bridgehead atoms. The van der Waals surface area contributed by atoms with E-state index in [2.05, 4.69) is 25.7 Å². The maximum Gasteiger partial charge on any atom is 0.569 e. The summed E-state index contributed by atoms with van der Waals surface area (Å²) in [6, 6.07) is 7.87. The lowest BCUT2D eigenvalue weighted by atomic mass is 10.3. The molecule has 0 fully saturated rings. The van der Waals surface area contributed by atoms with Crippen LogP contribution in [0.3, 0.4) is 0 Å². The maximum atomic E-state index is 8.48. The minimum atomic E-state index is -1.27. The third-order valence-corrected chi connectivity index (χ3v) is 3.93. The smallest absolute Gasteiger partial charge is 0.537 e. The van der Waals surface area contributed by atoms with Gasteiger partial charge in [-0.05, 0) is 12.1 Å². The van der Waals surface area contributed by atoms with E-state index in [4.69, 9.17) is 9.68 Å². The molecule has 13 heavy (non-hydrogen) atoms. The quantitative estimate of drug-likeness (QED) is 0.729. The first-order valence-electron chi connectivity index (χ1n) is 4.27. The number of rotatable bonds is 3. The topological polar surface area (TPSA) is 29.5 Å². The van der Waals surface area contributed by atoms with Crippen LogP contribution in [-0.2, 0) is 0 Å². The van der Waals surface area contributed by atoms with Crippen LogP contribution in [0.1, 0.15) is 0 Å². The van der Waals surface area contributed by atoms with E-state index < -0.39 is 8.07 Å². The van der Waals surface area contributed by atoms with Crippen molar-refractivity contribution in [1.29, 1.82) is 0 Å². The molecule has 1 N–H and O–H groups in total. The molecule has 0 saturated heterocycles. The lowest BCUT2D eigenvalue weighted by Gasteiger charge is -2.17. The molecule has 0 atom stereocenters. The van der Waals surface area contributed by atoms with Crippen LogP contribution in [0.25, 0.3) is 0 Å². The molecule has 0 heterocycles. The average Bonchev–Trinajstić information content (AvgIpc) is 2.04. The van der Waals surface area contributed by atoms with Crippen molar-refractivity contribution >= 4 is 20.9 Å². The van der Waals surface area contributed by atoms with Crippen LogP contribution < -0.4 is 9.84 Å². The lowest BCUT2D eigenvalue weighted by Crippen LogP contribution is -2.37. The van der Waals surface area contributed by atoms with Crippen LogP contribution in [0.5, 0.6) is 5.75 Å². The monoisotopic (exact) mass is 193 g/mol. The predicted molar refractivity (Wildman–Crippen MR) is 58.0 cm³/mol. The highest BCUT2D eigenvalue weighted by atomic mass is 28.3. The van der Waals surface area contributed by atoms with Gasteiger partial charge in [0.05, 0.1) is 13.8 Å². The summed E-state index contributed by atoms with van der Waals surface area (Å²) >= 11 is 0. The van der Waals surface area contributed by atoms with Crippen LogP contribution in [0, 0.1) is 0 Å². The molecular formula is C9H14BO2Si. The van der Waals surface area contributed by atoms with Gasteiger partial charge in [0.1, 0.15) is 0 Å². The average molecular weight is 193 g/mol. The zero-order valence-electron chi connectivity index (χ0n) is 8.24. The van der Waals surface area contributed by atoms with Crippen molar-refractivity contribution in [3.8, 4) is 5.75 Å². The van der Waals surface area contributed by atoms with Crippen molar-refractivity contribution in [2.24, 2.45) is 0 Å². The lowest BCUT2D eigenvalue weighted by molar-refractivity contribution is 0.454. The van der Waals surface area contributed by atoms with Gasteiger partial charge in [-0.1, -0.05) is 37.0 Å². The van der Waals surface area contributed by atoms with E-state index in [9.17, 15) is 0 Å². The van der Waals surface area contributed by atoms with Gasteiger partial charge in [-0.2, -0.15) is 0 Å². The summed E-state index contributed by atoms with van der Waals surface area (Å²) in [5.74, 6) is 0.697. The van der Waals surface area contributed by atoms with Gasteiger partial charge in [0.25, 0.3) is 0 Å². The highest BCUT2D eigenvalue weighted by Gasteiger charge is 2.16. The Morgan fingerprint density at radius 1 is 1.31 bits per heavy atom. The largest absolute Gasteiger partial charge is 0.569 e. The second-order valence-electron chi connectivity index (χ2n) is 4.00. The Bertz CT molecular complexity index is 283. The second-order valence-corrected chi connectivity index (χ2v) is 9.08. The van der Waals surface area contributed by atoms with Crippen molar-refractivity contribution in [3.63, 3.8) is 0 Å². The van der Waals surface area contributed by atoms with E-state index >= 15 is 0 Å². The molecule has 0 aromatic heterocycles. The van der Waals surface area contributed by atoms with Gasteiger partial charge < -0.3 is 9.68 Å². The first kappa shape index (κ1) is 10.3. The molecule has 0 aliphatic carbocycles. The fourth-order valence-corrected chi connectivity index (χ4v) is 2.27. The highest BCUT2D eigenvalue weighted by molar-refractivity contribution is 6.88. The molecule has 0 unspecified atom stereocenters. The van der Waals surface area contributed by atoms with Gasteiger partial charge in [0, 0.05) is 0 Å². The van der Waals surface area contributed by atoms with Crippen molar-refractivity contribution in [3.05, 3.63) is 24.3 Å². The van der Waals surface area contributed by atoms with Crippen molar-refractivity contribution in [2.75, 3.05) is 0 Å². The standard InChI is InChI=1S/C9H14BO2Si/c1-13(2,3)9-6-4-5-8(7-9)12-10-11/h4-7,11H,1-3H3. The number of hydrogen-bond acceptors (Lipinski definition) is 2. The van der Waals surface area contributed by atoms with Crippen molar-refractivity contribution in [2.45, 2.75) is 19.6 Å². The van der Waals surface area contributed by atoms with E-state index in [0.717, 1.165) is 0 Å². The zero-order valence-corrected chi connectivity index (χ0v) is 9.24. The summed E-state index contributed by atoms with van der Waals surface area (Å²) in [7, 11) is -0.558. The Balaban J connectivity index is 2.92. The maximum absolute atomic E-state index is 8.48. The fourth-order valence-electron chi connectivity index (χ4n) is 1.10. The summed E-state index contributed by atoms with van der Waals surface area (Å²) in [4.78, 5) is 0. The van der Waals surface area contributed by atoms with Gasteiger partial charge in [-0.15, -0.1) is 0 Å². The summed E-state index contributed by atoms with van der Waals surface area (Å²) < 4.78 is 4.89. The molecule has 0 aliphatic rings. The molecule has 0 saturated carbocycles. The first-order valence-corrected chi connectivity index (χ1v) is 7.77. The van der Waals surface area contributed by atoms with E-state index in [1.54, 1.807) is 0 Å². The van der Waals surface area contributed by atoms with E-state index in [0.29, 0.717) is 13.4 Å². The Morgan fingerprint density at radius 2 is 2.00 bits per heavy atom. The molecule has 1 aromatic rings. The molecule has 0 amide bonds. The minimum absolute atomic E-state index is 0.697.